The minimum atomic E-state index is -1.10. The molecule has 0 fully saturated rings. The second-order valence-electron chi connectivity index (χ2n) is 5.94. The molecule has 0 aromatic heterocycles. The van der Waals surface area contributed by atoms with Crippen molar-refractivity contribution >= 4 is 23.9 Å². The van der Waals surface area contributed by atoms with Gasteiger partial charge in [0.05, 0.1) is 13.7 Å². The number of hydrogen-bond acceptors (Lipinski definition) is 5. The average molecular weight is 362 g/mol. The molecule has 0 unspecified atom stereocenters. The van der Waals surface area contributed by atoms with Crippen molar-refractivity contribution in [3.8, 4) is 0 Å². The Morgan fingerprint density at radius 1 is 1.31 bits per heavy atom. The molecule has 1 aromatic rings. The summed E-state index contributed by atoms with van der Waals surface area (Å²) in [6, 6.07) is 5.79. The number of ether oxygens (including phenoxy) is 1. The predicted octanol–water partition coefficient (Wildman–Crippen LogP) is 1.22. The fourth-order valence-electron chi connectivity index (χ4n) is 2.16. The Morgan fingerprint density at radius 2 is 2.04 bits per heavy atom. The van der Waals surface area contributed by atoms with E-state index in [1.165, 1.54) is 7.11 Å². The molecular weight excluding hydrogens is 336 g/mol. The number of allylic oxidation sites excluding steroid dienone is 1. The van der Waals surface area contributed by atoms with E-state index in [0.717, 1.165) is 18.4 Å². The number of hydrogen-bond donors (Lipinski definition) is 2. The predicted molar refractivity (Wildman–Crippen MR) is 98.4 cm³/mol. The highest BCUT2D eigenvalue weighted by Crippen LogP contribution is 2.09. The van der Waals surface area contributed by atoms with E-state index >= 15 is 0 Å². The number of aliphatic hydroxyl groups is 1. The number of carbonyl (C=O) groups excluding carboxylic acids is 3. The van der Waals surface area contributed by atoms with E-state index in [4.69, 9.17) is 5.11 Å². The quantitative estimate of drug-likeness (QED) is 0.509. The lowest BCUT2D eigenvalue weighted by atomic mass is 10.1. The van der Waals surface area contributed by atoms with Crippen LogP contribution in [0.3, 0.4) is 0 Å². The molecule has 1 rings (SSSR count). The zero-order chi connectivity index (χ0) is 19.5. The van der Waals surface area contributed by atoms with Gasteiger partial charge in [-0.1, -0.05) is 24.3 Å². The van der Waals surface area contributed by atoms with Crippen LogP contribution in [-0.2, 0) is 14.3 Å². The number of carbonyl (C=O) groups is 3. The van der Waals surface area contributed by atoms with E-state index in [1.54, 1.807) is 37.2 Å². The summed E-state index contributed by atoms with van der Waals surface area (Å²) in [6.07, 6.45) is 5.83. The van der Waals surface area contributed by atoms with E-state index in [-0.39, 0.29) is 5.91 Å². The Balaban J connectivity index is 2.61. The van der Waals surface area contributed by atoms with E-state index in [2.05, 4.69) is 10.1 Å². The number of aliphatic hydroxyl groups excluding tert-OH is 1. The molecule has 0 saturated carbocycles. The summed E-state index contributed by atoms with van der Waals surface area (Å²) in [5.74, 6) is -1.08. The molecule has 7 heteroatoms. The number of rotatable bonds is 9. The zero-order valence-electron chi connectivity index (χ0n) is 15.4. The maximum atomic E-state index is 12.2. The van der Waals surface area contributed by atoms with Crippen molar-refractivity contribution in [1.82, 2.24) is 10.2 Å². The number of nitrogens with zero attached hydrogens (tertiary/aromatic N) is 1. The summed E-state index contributed by atoms with van der Waals surface area (Å²) in [5.41, 5.74) is 1.20. The first-order valence-electron chi connectivity index (χ1n) is 8.35. The summed E-state index contributed by atoms with van der Waals surface area (Å²) in [5, 5.41) is 11.6. The van der Waals surface area contributed by atoms with Crippen LogP contribution < -0.4 is 5.32 Å². The molecule has 7 nitrogen and oxygen atoms in total. The van der Waals surface area contributed by atoms with E-state index in [0.29, 0.717) is 12.0 Å². The Kier molecular flexibility index (Phi) is 9.08. The van der Waals surface area contributed by atoms with Crippen molar-refractivity contribution in [2.45, 2.75) is 25.3 Å². The zero-order valence-corrected chi connectivity index (χ0v) is 15.4. The minimum absolute atomic E-state index is 0.0983. The number of nitrogens with one attached hydrogen (secondary N) is 1. The maximum absolute atomic E-state index is 12.2. The first kappa shape index (κ1) is 21.4. The SMILES string of the molecule is COC(=O)[C@@H](CO)NC(=O)c1cccc(/C=C\CCCC(=O)N(C)C)c1. The molecule has 26 heavy (non-hydrogen) atoms. The number of unbranched alkanes of at least 4 members (excludes halogenated alkanes) is 1. The summed E-state index contributed by atoms with van der Waals surface area (Å²) in [4.78, 5) is 36.7. The fourth-order valence-corrected chi connectivity index (χ4v) is 2.16. The van der Waals surface area contributed by atoms with Gasteiger partial charge in [0, 0.05) is 26.1 Å². The summed E-state index contributed by atoms with van der Waals surface area (Å²) in [6.45, 7) is -0.538. The second kappa shape index (κ2) is 11.0. The number of amides is 2. The summed E-state index contributed by atoms with van der Waals surface area (Å²) < 4.78 is 4.52. The van der Waals surface area contributed by atoms with Crippen LogP contribution in [0.1, 0.15) is 35.2 Å². The van der Waals surface area contributed by atoms with Gasteiger partial charge in [0.15, 0.2) is 6.04 Å². The Labute approximate surface area is 153 Å². The molecule has 0 saturated heterocycles. The van der Waals surface area contributed by atoms with Gasteiger partial charge in [-0.05, 0) is 30.5 Å². The Bertz CT molecular complexity index is 655. The van der Waals surface area contributed by atoms with Gasteiger partial charge in [0.25, 0.3) is 5.91 Å². The van der Waals surface area contributed by atoms with Gasteiger partial charge >= 0.3 is 5.97 Å². The van der Waals surface area contributed by atoms with Crippen LogP contribution >= 0.6 is 0 Å². The topological polar surface area (TPSA) is 95.9 Å². The third kappa shape index (κ3) is 7.06. The van der Waals surface area contributed by atoms with Gasteiger partial charge in [-0.25, -0.2) is 4.79 Å². The smallest absolute Gasteiger partial charge is 0.330 e. The first-order valence-corrected chi connectivity index (χ1v) is 8.35. The molecule has 0 aliphatic rings. The lowest BCUT2D eigenvalue weighted by Gasteiger charge is -2.13. The molecule has 0 spiro atoms. The van der Waals surface area contributed by atoms with Crippen LogP contribution in [0.15, 0.2) is 30.3 Å². The minimum Gasteiger partial charge on any atom is -0.467 e. The number of benzene rings is 1. The molecule has 0 aliphatic carbocycles. The van der Waals surface area contributed by atoms with E-state index in [9.17, 15) is 14.4 Å². The highest BCUT2D eigenvalue weighted by molar-refractivity contribution is 5.97. The van der Waals surface area contributed by atoms with Gasteiger partial charge in [-0.15, -0.1) is 0 Å². The lowest BCUT2D eigenvalue weighted by molar-refractivity contribution is -0.143. The highest BCUT2D eigenvalue weighted by atomic mass is 16.5. The van der Waals surface area contributed by atoms with Crippen LogP contribution in [0.5, 0.6) is 0 Å². The third-order valence-electron chi connectivity index (χ3n) is 3.69. The van der Waals surface area contributed by atoms with Crippen molar-refractivity contribution in [3.63, 3.8) is 0 Å². The number of methoxy groups -OCH3 is 1. The van der Waals surface area contributed by atoms with Crippen molar-refractivity contribution in [1.29, 1.82) is 0 Å². The lowest BCUT2D eigenvalue weighted by Crippen LogP contribution is -2.44. The second-order valence-corrected chi connectivity index (χ2v) is 5.94. The Morgan fingerprint density at radius 3 is 2.65 bits per heavy atom. The molecular formula is C19H26N2O5. The maximum Gasteiger partial charge on any atom is 0.330 e. The van der Waals surface area contributed by atoms with Crippen LogP contribution in [-0.4, -0.2) is 61.6 Å². The van der Waals surface area contributed by atoms with E-state index in [1.807, 2.05) is 18.2 Å². The molecule has 1 aromatic carbocycles. The molecule has 142 valence electrons. The van der Waals surface area contributed by atoms with Gasteiger partial charge < -0.3 is 20.1 Å². The van der Waals surface area contributed by atoms with Crippen LogP contribution in [0.4, 0.5) is 0 Å². The van der Waals surface area contributed by atoms with Crippen molar-refractivity contribution in [2.75, 3.05) is 27.8 Å². The largest absolute Gasteiger partial charge is 0.467 e. The molecule has 0 radical (unpaired) electrons. The molecule has 0 heterocycles. The van der Waals surface area contributed by atoms with E-state index < -0.39 is 24.5 Å². The average Bonchev–Trinajstić information content (AvgIpc) is 2.64. The normalized spacial score (nSPS) is 11.8. The monoisotopic (exact) mass is 362 g/mol. The van der Waals surface area contributed by atoms with Crippen molar-refractivity contribution in [2.24, 2.45) is 0 Å². The van der Waals surface area contributed by atoms with Gasteiger partial charge in [0.2, 0.25) is 5.91 Å². The van der Waals surface area contributed by atoms with Crippen molar-refractivity contribution < 1.29 is 24.2 Å². The molecule has 1 atom stereocenters. The third-order valence-corrected chi connectivity index (χ3v) is 3.69. The molecule has 2 N–H and O–H groups in total. The summed E-state index contributed by atoms with van der Waals surface area (Å²) in [7, 11) is 4.65. The van der Waals surface area contributed by atoms with Crippen molar-refractivity contribution in [3.05, 3.63) is 41.5 Å². The van der Waals surface area contributed by atoms with Gasteiger partial charge in [-0.3, -0.25) is 9.59 Å². The van der Waals surface area contributed by atoms with Crippen LogP contribution in [0.2, 0.25) is 0 Å². The van der Waals surface area contributed by atoms with Gasteiger partial charge in [-0.2, -0.15) is 0 Å². The van der Waals surface area contributed by atoms with Crippen LogP contribution in [0, 0.1) is 0 Å². The van der Waals surface area contributed by atoms with Crippen LogP contribution in [0.25, 0.3) is 6.08 Å². The summed E-state index contributed by atoms with van der Waals surface area (Å²) >= 11 is 0. The molecule has 0 aliphatic heterocycles. The molecule has 0 bridgehead atoms. The van der Waals surface area contributed by atoms with Gasteiger partial charge in [0.1, 0.15) is 0 Å². The highest BCUT2D eigenvalue weighted by Gasteiger charge is 2.21. The Hall–Kier alpha value is -2.67. The fraction of sp³-hybridized carbons (Fsp3) is 0.421. The first-order chi connectivity index (χ1) is 12.4. The number of esters is 1. The molecule has 2 amide bonds. The standard InChI is InChI=1S/C19H26N2O5/c1-21(2)17(23)11-6-4-5-8-14-9-7-10-15(12-14)18(24)20-16(13-22)19(25)26-3/h5,7-10,12,16,22H,4,6,11,13H2,1-3H3,(H,20,24)/b8-5-/t16-/m1/s1.